The van der Waals surface area contributed by atoms with Crippen molar-refractivity contribution in [1.29, 1.82) is 0 Å². The predicted molar refractivity (Wildman–Crippen MR) is 88.5 cm³/mol. The molecule has 0 unspecified atom stereocenters. The molecule has 1 aliphatic rings. The van der Waals surface area contributed by atoms with Crippen molar-refractivity contribution in [1.82, 2.24) is 5.32 Å². The predicted octanol–water partition coefficient (Wildman–Crippen LogP) is 1.98. The lowest BCUT2D eigenvalue weighted by Crippen LogP contribution is -2.32. The Morgan fingerprint density at radius 1 is 1.29 bits per heavy atom. The summed E-state index contributed by atoms with van der Waals surface area (Å²) in [6.45, 7) is 2.07. The van der Waals surface area contributed by atoms with E-state index in [2.05, 4.69) is 5.32 Å². The molecular formula is C16H25N3OS. The number of carbonyl (C=O) groups is 1. The van der Waals surface area contributed by atoms with Crippen LogP contribution in [0.4, 0.5) is 0 Å². The summed E-state index contributed by atoms with van der Waals surface area (Å²) in [5.74, 6) is 1.41. The Morgan fingerprint density at radius 3 is 2.76 bits per heavy atom. The second-order valence-corrected chi connectivity index (χ2v) is 6.89. The quantitative estimate of drug-likeness (QED) is 0.531. The van der Waals surface area contributed by atoms with Gasteiger partial charge in [-0.05, 0) is 56.3 Å². The monoisotopic (exact) mass is 307 g/mol. The molecular weight excluding hydrogens is 282 g/mol. The van der Waals surface area contributed by atoms with Gasteiger partial charge < -0.3 is 16.8 Å². The Balaban J connectivity index is 1.61. The number of thioether (sulfide) groups is 1. The van der Waals surface area contributed by atoms with Crippen LogP contribution in [-0.2, 0) is 0 Å². The third-order valence-electron chi connectivity index (χ3n) is 3.99. The fourth-order valence-corrected chi connectivity index (χ4v) is 3.55. The third-order valence-corrected chi connectivity index (χ3v) is 4.99. The Bertz CT molecular complexity index is 459. The van der Waals surface area contributed by atoms with E-state index >= 15 is 0 Å². The summed E-state index contributed by atoms with van der Waals surface area (Å²) < 4.78 is 0. The first kappa shape index (κ1) is 16.3. The molecule has 1 aliphatic carbocycles. The van der Waals surface area contributed by atoms with Crippen LogP contribution in [0.2, 0.25) is 0 Å². The van der Waals surface area contributed by atoms with Crippen molar-refractivity contribution >= 4 is 17.7 Å². The van der Waals surface area contributed by atoms with Crippen molar-refractivity contribution in [3.8, 4) is 0 Å². The first-order valence-corrected chi connectivity index (χ1v) is 8.62. The highest BCUT2D eigenvalue weighted by Gasteiger charge is 2.17. The molecule has 1 aromatic carbocycles. The summed E-state index contributed by atoms with van der Waals surface area (Å²) in [5.41, 5.74) is 11.8. The van der Waals surface area contributed by atoms with Crippen LogP contribution < -0.4 is 16.8 Å². The number of rotatable bonds is 7. The van der Waals surface area contributed by atoms with Crippen LogP contribution in [0, 0.1) is 5.92 Å². The summed E-state index contributed by atoms with van der Waals surface area (Å²) in [5, 5.41) is 3.52. The average molecular weight is 307 g/mol. The third kappa shape index (κ3) is 5.69. The first-order chi connectivity index (χ1) is 10.1. The Hall–Kier alpha value is -1.04. The molecule has 1 fully saturated rings. The molecule has 1 saturated carbocycles. The lowest BCUT2D eigenvalue weighted by Gasteiger charge is -2.26. The standard InChI is InChI=1S/C16H25N3OS/c17-14-6-4-12(5-7-14)11-19-8-9-21-15-3-1-2-13(10-15)16(18)20/h1-3,10,12,14,19H,4-9,11,17H2,(H2,18,20). The molecule has 0 aliphatic heterocycles. The van der Waals surface area contributed by atoms with Crippen LogP contribution in [0.3, 0.4) is 0 Å². The number of nitrogens with one attached hydrogen (secondary N) is 1. The molecule has 5 N–H and O–H groups in total. The second kappa shape index (κ2) is 8.41. The van der Waals surface area contributed by atoms with Crippen molar-refractivity contribution in [2.24, 2.45) is 17.4 Å². The van der Waals surface area contributed by atoms with Crippen LogP contribution in [-0.4, -0.2) is 30.8 Å². The van der Waals surface area contributed by atoms with Crippen LogP contribution in [0.25, 0.3) is 0 Å². The SMILES string of the molecule is NC(=O)c1cccc(SCCNCC2CCC(N)CC2)c1. The van der Waals surface area contributed by atoms with Crippen LogP contribution in [0.15, 0.2) is 29.2 Å². The van der Waals surface area contributed by atoms with E-state index in [-0.39, 0.29) is 5.91 Å². The highest BCUT2D eigenvalue weighted by atomic mass is 32.2. The molecule has 0 spiro atoms. The zero-order valence-electron chi connectivity index (χ0n) is 12.4. The largest absolute Gasteiger partial charge is 0.366 e. The molecule has 5 heteroatoms. The zero-order valence-corrected chi connectivity index (χ0v) is 13.2. The zero-order chi connectivity index (χ0) is 15.1. The number of benzene rings is 1. The highest BCUT2D eigenvalue weighted by molar-refractivity contribution is 7.99. The van der Waals surface area contributed by atoms with Gasteiger partial charge in [0.1, 0.15) is 0 Å². The minimum Gasteiger partial charge on any atom is -0.366 e. The van der Waals surface area contributed by atoms with Crippen LogP contribution in [0.5, 0.6) is 0 Å². The van der Waals surface area contributed by atoms with Crippen LogP contribution >= 0.6 is 11.8 Å². The number of primary amides is 1. The fourth-order valence-electron chi connectivity index (χ4n) is 2.68. The number of carbonyl (C=O) groups excluding carboxylic acids is 1. The maximum atomic E-state index is 11.1. The molecule has 0 heterocycles. The maximum Gasteiger partial charge on any atom is 0.248 e. The molecule has 0 bridgehead atoms. The number of hydrogen-bond donors (Lipinski definition) is 3. The van der Waals surface area contributed by atoms with Crippen molar-refractivity contribution < 1.29 is 4.79 Å². The van der Waals surface area contributed by atoms with Gasteiger partial charge in [0, 0.05) is 28.8 Å². The normalized spacial score (nSPS) is 22.1. The van der Waals surface area contributed by atoms with Gasteiger partial charge in [0.05, 0.1) is 0 Å². The van der Waals surface area contributed by atoms with Crippen molar-refractivity contribution in [3.63, 3.8) is 0 Å². The van der Waals surface area contributed by atoms with Crippen molar-refractivity contribution in [2.75, 3.05) is 18.8 Å². The van der Waals surface area contributed by atoms with Gasteiger partial charge in [-0.2, -0.15) is 0 Å². The van der Waals surface area contributed by atoms with Gasteiger partial charge in [-0.25, -0.2) is 0 Å². The molecule has 2 rings (SSSR count). The summed E-state index contributed by atoms with van der Waals surface area (Å²) in [6, 6.07) is 7.92. The van der Waals surface area contributed by atoms with E-state index in [9.17, 15) is 4.79 Å². The average Bonchev–Trinajstić information content (AvgIpc) is 2.49. The fraction of sp³-hybridized carbons (Fsp3) is 0.562. The molecule has 0 radical (unpaired) electrons. The van der Waals surface area contributed by atoms with E-state index in [1.54, 1.807) is 17.8 Å². The molecule has 4 nitrogen and oxygen atoms in total. The van der Waals surface area contributed by atoms with Gasteiger partial charge >= 0.3 is 0 Å². The summed E-state index contributed by atoms with van der Waals surface area (Å²) in [7, 11) is 0. The molecule has 0 atom stereocenters. The Kier molecular flexibility index (Phi) is 6.54. The minimum absolute atomic E-state index is 0.369. The van der Waals surface area contributed by atoms with E-state index < -0.39 is 0 Å². The number of nitrogens with two attached hydrogens (primary N) is 2. The first-order valence-electron chi connectivity index (χ1n) is 7.64. The van der Waals surface area contributed by atoms with Crippen LogP contribution in [0.1, 0.15) is 36.0 Å². The topological polar surface area (TPSA) is 81.1 Å². The smallest absolute Gasteiger partial charge is 0.248 e. The summed E-state index contributed by atoms with van der Waals surface area (Å²) >= 11 is 1.75. The van der Waals surface area contributed by atoms with Crippen molar-refractivity contribution in [2.45, 2.75) is 36.6 Å². The molecule has 116 valence electrons. The Morgan fingerprint density at radius 2 is 2.05 bits per heavy atom. The van der Waals surface area contributed by atoms with E-state index in [1.807, 2.05) is 18.2 Å². The molecule has 1 amide bonds. The number of hydrogen-bond acceptors (Lipinski definition) is 4. The van der Waals surface area contributed by atoms with E-state index in [1.165, 1.54) is 25.7 Å². The van der Waals surface area contributed by atoms with Gasteiger partial charge in [-0.1, -0.05) is 6.07 Å². The van der Waals surface area contributed by atoms with E-state index in [0.717, 1.165) is 29.7 Å². The van der Waals surface area contributed by atoms with E-state index in [0.29, 0.717) is 11.6 Å². The molecule has 0 saturated heterocycles. The van der Waals surface area contributed by atoms with Gasteiger partial charge in [-0.15, -0.1) is 11.8 Å². The van der Waals surface area contributed by atoms with Gasteiger partial charge in [0.25, 0.3) is 0 Å². The van der Waals surface area contributed by atoms with Gasteiger partial charge in [-0.3, -0.25) is 4.79 Å². The molecule has 0 aromatic heterocycles. The second-order valence-electron chi connectivity index (χ2n) is 5.73. The lowest BCUT2D eigenvalue weighted by molar-refractivity contribution is 0.1000. The summed E-state index contributed by atoms with van der Waals surface area (Å²) in [4.78, 5) is 12.2. The summed E-state index contributed by atoms with van der Waals surface area (Å²) in [6.07, 6.45) is 4.84. The molecule has 21 heavy (non-hydrogen) atoms. The van der Waals surface area contributed by atoms with Crippen molar-refractivity contribution in [3.05, 3.63) is 29.8 Å². The molecule has 1 aromatic rings. The van der Waals surface area contributed by atoms with E-state index in [4.69, 9.17) is 11.5 Å². The Labute approximate surface area is 131 Å². The van der Waals surface area contributed by atoms with Gasteiger partial charge in [0.15, 0.2) is 0 Å². The lowest BCUT2D eigenvalue weighted by atomic mass is 9.86. The minimum atomic E-state index is -0.369. The number of amides is 1. The maximum absolute atomic E-state index is 11.1. The highest BCUT2D eigenvalue weighted by Crippen LogP contribution is 2.22. The van der Waals surface area contributed by atoms with Gasteiger partial charge in [0.2, 0.25) is 5.91 Å².